The van der Waals surface area contributed by atoms with Gasteiger partial charge in [0, 0.05) is 11.6 Å². The topological polar surface area (TPSA) is 95.7 Å². The average molecular weight is 354 g/mol. The predicted molar refractivity (Wildman–Crippen MR) is 89.2 cm³/mol. The highest BCUT2D eigenvalue weighted by molar-refractivity contribution is 5.66. The lowest BCUT2D eigenvalue weighted by Crippen LogP contribution is -2.05. The summed E-state index contributed by atoms with van der Waals surface area (Å²) in [5.41, 5.74) is 7.93. The molecule has 2 N–H and O–H groups in total. The fourth-order valence-corrected chi connectivity index (χ4v) is 2.41. The lowest BCUT2D eigenvalue weighted by atomic mass is 10.1. The summed E-state index contributed by atoms with van der Waals surface area (Å²) in [5, 5.41) is 11.6. The summed E-state index contributed by atoms with van der Waals surface area (Å²) in [5.74, 6) is -1.12. The number of hydrogen-bond donors (Lipinski definition) is 1. The molecule has 4 rings (SSSR count). The van der Waals surface area contributed by atoms with Crippen LogP contribution in [0.3, 0.4) is 0 Å². The number of aryl methyl sites for hydroxylation is 1. The van der Waals surface area contributed by atoms with E-state index in [1.165, 1.54) is 6.07 Å². The zero-order chi connectivity index (χ0) is 18.3. The summed E-state index contributed by atoms with van der Waals surface area (Å²) in [6.07, 6.45) is 0. The number of nitrogens with two attached hydrogens (primary N) is 1. The fourth-order valence-electron chi connectivity index (χ4n) is 2.41. The summed E-state index contributed by atoms with van der Waals surface area (Å²) in [6.45, 7) is 1.97. The van der Waals surface area contributed by atoms with Gasteiger partial charge in [-0.3, -0.25) is 0 Å². The van der Waals surface area contributed by atoms with Gasteiger partial charge in [0.2, 0.25) is 5.82 Å². The number of anilines is 1. The summed E-state index contributed by atoms with van der Waals surface area (Å²) in [4.78, 5) is 4.26. The van der Waals surface area contributed by atoms with Crippen molar-refractivity contribution in [2.24, 2.45) is 0 Å². The summed E-state index contributed by atoms with van der Waals surface area (Å²) < 4.78 is 33.3. The van der Waals surface area contributed by atoms with Crippen LogP contribution in [0.4, 0.5) is 14.6 Å². The van der Waals surface area contributed by atoms with E-state index < -0.39 is 11.6 Å². The minimum Gasteiger partial charge on any atom is -0.382 e. The number of halogens is 2. The van der Waals surface area contributed by atoms with E-state index >= 15 is 0 Å². The number of hydrogen-bond acceptors (Lipinski definition) is 6. The van der Waals surface area contributed by atoms with Gasteiger partial charge < -0.3 is 10.3 Å². The first-order valence-corrected chi connectivity index (χ1v) is 7.60. The van der Waals surface area contributed by atoms with Gasteiger partial charge in [0.25, 0.3) is 5.89 Å². The molecule has 0 aliphatic heterocycles. The van der Waals surface area contributed by atoms with Crippen LogP contribution in [0.15, 0.2) is 47.0 Å². The van der Waals surface area contributed by atoms with Crippen LogP contribution in [0, 0.1) is 18.6 Å². The molecule has 4 aromatic rings. The highest BCUT2D eigenvalue weighted by Gasteiger charge is 2.21. The van der Waals surface area contributed by atoms with Crippen LogP contribution in [0.25, 0.3) is 28.7 Å². The van der Waals surface area contributed by atoms with E-state index in [1.54, 1.807) is 0 Å². The number of aromatic nitrogens is 5. The third-order valence-electron chi connectivity index (χ3n) is 3.78. The summed E-state index contributed by atoms with van der Waals surface area (Å²) in [7, 11) is 0. The third kappa shape index (κ3) is 2.69. The predicted octanol–water partition coefficient (Wildman–Crippen LogP) is 3.15. The van der Waals surface area contributed by atoms with E-state index in [0.29, 0.717) is 5.82 Å². The Morgan fingerprint density at radius 3 is 2.58 bits per heavy atom. The number of benzene rings is 2. The Bertz CT molecular complexity index is 1090. The van der Waals surface area contributed by atoms with E-state index in [4.69, 9.17) is 10.3 Å². The maximum absolute atomic E-state index is 14.0. The Labute approximate surface area is 146 Å². The Morgan fingerprint density at radius 2 is 1.85 bits per heavy atom. The molecular weight excluding hydrogens is 342 g/mol. The van der Waals surface area contributed by atoms with Crippen molar-refractivity contribution in [3.63, 3.8) is 0 Å². The molecule has 0 unspecified atom stereocenters. The van der Waals surface area contributed by atoms with Crippen molar-refractivity contribution in [3.8, 4) is 28.7 Å². The first-order valence-electron chi connectivity index (χ1n) is 7.60. The molecule has 0 radical (unpaired) electrons. The smallest absolute Gasteiger partial charge is 0.282 e. The average Bonchev–Trinajstić information content (AvgIpc) is 3.23. The Balaban J connectivity index is 1.72. The van der Waals surface area contributed by atoms with Crippen LogP contribution in [0.5, 0.6) is 0 Å². The zero-order valence-corrected chi connectivity index (χ0v) is 13.5. The number of rotatable bonds is 3. The van der Waals surface area contributed by atoms with Crippen LogP contribution in [-0.4, -0.2) is 25.1 Å². The van der Waals surface area contributed by atoms with Gasteiger partial charge >= 0.3 is 0 Å². The molecule has 0 fully saturated rings. The molecule has 2 aromatic carbocycles. The molecule has 0 bridgehead atoms. The molecule has 2 heterocycles. The van der Waals surface area contributed by atoms with E-state index in [2.05, 4.69) is 20.5 Å². The number of nitrogens with zero attached hydrogens (tertiary/aromatic N) is 5. The Hall–Kier alpha value is -3.62. The van der Waals surface area contributed by atoms with E-state index in [0.717, 1.165) is 27.9 Å². The minimum absolute atomic E-state index is 0.00499. The molecule has 0 saturated carbocycles. The van der Waals surface area contributed by atoms with Crippen molar-refractivity contribution in [2.45, 2.75) is 6.92 Å². The monoisotopic (exact) mass is 354 g/mol. The van der Waals surface area contributed by atoms with Gasteiger partial charge in [-0.15, -0.1) is 5.10 Å². The van der Waals surface area contributed by atoms with Crippen molar-refractivity contribution in [2.75, 3.05) is 5.73 Å². The molecule has 0 spiro atoms. The normalized spacial score (nSPS) is 11.0. The van der Waals surface area contributed by atoms with Gasteiger partial charge in [-0.05, 0) is 19.1 Å². The van der Waals surface area contributed by atoms with Gasteiger partial charge in [0.05, 0.1) is 0 Å². The Morgan fingerprint density at radius 1 is 1.08 bits per heavy atom. The Kier molecular flexibility index (Phi) is 3.68. The van der Waals surface area contributed by atoms with Crippen molar-refractivity contribution < 1.29 is 13.3 Å². The van der Waals surface area contributed by atoms with Crippen LogP contribution in [0.2, 0.25) is 0 Å². The van der Waals surface area contributed by atoms with Crippen LogP contribution < -0.4 is 5.73 Å². The lowest BCUT2D eigenvalue weighted by molar-refractivity contribution is 0.431. The zero-order valence-electron chi connectivity index (χ0n) is 13.5. The van der Waals surface area contributed by atoms with Gasteiger partial charge in [0.1, 0.15) is 11.5 Å². The van der Waals surface area contributed by atoms with Gasteiger partial charge in [0.15, 0.2) is 17.3 Å². The largest absolute Gasteiger partial charge is 0.382 e. The first-order chi connectivity index (χ1) is 12.5. The quantitative estimate of drug-likeness (QED) is 0.607. The van der Waals surface area contributed by atoms with Crippen molar-refractivity contribution in [3.05, 3.63) is 59.7 Å². The maximum atomic E-state index is 14.0. The van der Waals surface area contributed by atoms with E-state index in [1.807, 2.05) is 31.2 Å². The third-order valence-corrected chi connectivity index (χ3v) is 3.78. The molecule has 130 valence electrons. The fraction of sp³-hybridized carbons (Fsp3) is 0.0588. The van der Waals surface area contributed by atoms with Crippen molar-refractivity contribution >= 4 is 5.82 Å². The van der Waals surface area contributed by atoms with Gasteiger partial charge in [-0.2, -0.15) is 9.67 Å². The molecule has 9 heteroatoms. The van der Waals surface area contributed by atoms with Crippen molar-refractivity contribution in [1.82, 2.24) is 25.1 Å². The second-order valence-corrected chi connectivity index (χ2v) is 5.62. The standard InChI is InChI=1S/C17H12F2N6O/c1-9-2-4-10(5-3-9)16-21-17(26-23-16)14-15(20)25(24-22-14)13-7-6-11(18)8-12(13)19/h2-8H,20H2,1H3. The summed E-state index contributed by atoms with van der Waals surface area (Å²) in [6, 6.07) is 10.6. The molecule has 7 nitrogen and oxygen atoms in total. The van der Waals surface area contributed by atoms with Gasteiger partial charge in [-0.1, -0.05) is 40.2 Å². The molecular formula is C17H12F2N6O. The molecule has 2 aromatic heterocycles. The van der Waals surface area contributed by atoms with Crippen LogP contribution in [-0.2, 0) is 0 Å². The van der Waals surface area contributed by atoms with E-state index in [-0.39, 0.29) is 23.1 Å². The van der Waals surface area contributed by atoms with Crippen LogP contribution in [0.1, 0.15) is 5.56 Å². The lowest BCUT2D eigenvalue weighted by Gasteiger charge is -2.04. The highest BCUT2D eigenvalue weighted by Crippen LogP contribution is 2.27. The van der Waals surface area contributed by atoms with E-state index in [9.17, 15) is 8.78 Å². The first kappa shape index (κ1) is 15.9. The molecule has 0 atom stereocenters. The van der Waals surface area contributed by atoms with Crippen molar-refractivity contribution in [1.29, 1.82) is 0 Å². The molecule has 0 aliphatic carbocycles. The minimum atomic E-state index is -0.820. The maximum Gasteiger partial charge on any atom is 0.282 e. The van der Waals surface area contributed by atoms with Gasteiger partial charge in [-0.25, -0.2) is 8.78 Å². The molecule has 0 aliphatic rings. The summed E-state index contributed by atoms with van der Waals surface area (Å²) >= 11 is 0. The molecule has 0 saturated heterocycles. The highest BCUT2D eigenvalue weighted by atomic mass is 19.1. The van der Waals surface area contributed by atoms with Crippen LogP contribution >= 0.6 is 0 Å². The second kappa shape index (κ2) is 6.03. The second-order valence-electron chi connectivity index (χ2n) is 5.62. The molecule has 0 amide bonds. The molecule has 26 heavy (non-hydrogen) atoms. The SMILES string of the molecule is Cc1ccc(-c2noc(-c3nnn(-c4ccc(F)cc4F)c3N)n2)cc1. The number of nitrogen functional groups attached to an aromatic ring is 1.